The Balaban J connectivity index is 2.22. The molecule has 0 unspecified atom stereocenters. The molecule has 1 aromatic rings. The average molecular weight is 357 g/mol. The number of rotatable bonds is 6. The summed E-state index contributed by atoms with van der Waals surface area (Å²) in [6, 6.07) is 1.52. The molecule has 25 heavy (non-hydrogen) atoms. The lowest BCUT2D eigenvalue weighted by Crippen LogP contribution is -2.43. The van der Waals surface area contributed by atoms with E-state index in [-0.39, 0.29) is 25.6 Å². The maximum Gasteiger partial charge on any atom is 0.307 e. The molecule has 1 aliphatic rings. The topological polar surface area (TPSA) is 46.6 Å². The summed E-state index contributed by atoms with van der Waals surface area (Å²) in [6.45, 7) is 1.97. The molecule has 0 bridgehead atoms. The fourth-order valence-electron chi connectivity index (χ4n) is 3.13. The van der Waals surface area contributed by atoms with Crippen LogP contribution < -0.4 is 0 Å². The zero-order valence-electron chi connectivity index (χ0n) is 14.2. The van der Waals surface area contributed by atoms with Gasteiger partial charge < -0.3 is 9.64 Å². The molecule has 1 saturated carbocycles. The standard InChI is InChI=1S/C18H22F3NO3/c1-2-25-15(23)10-11-22(12-6-4-3-5-7-12)18(24)13-8-9-14(19)17(21)16(13)20/h8-9,12H,2-7,10-11H2,1H3. The molecule has 1 aromatic carbocycles. The number of nitrogens with zero attached hydrogens (tertiary/aromatic N) is 1. The van der Waals surface area contributed by atoms with E-state index in [4.69, 9.17) is 4.74 Å². The van der Waals surface area contributed by atoms with Crippen molar-refractivity contribution in [2.75, 3.05) is 13.2 Å². The Bertz CT molecular complexity index is 630. The van der Waals surface area contributed by atoms with E-state index in [9.17, 15) is 22.8 Å². The quantitative estimate of drug-likeness (QED) is 0.574. The van der Waals surface area contributed by atoms with Crippen molar-refractivity contribution in [3.63, 3.8) is 0 Å². The number of carbonyl (C=O) groups is 2. The highest BCUT2D eigenvalue weighted by molar-refractivity contribution is 5.95. The van der Waals surface area contributed by atoms with Crippen LogP contribution in [-0.4, -0.2) is 36.0 Å². The van der Waals surface area contributed by atoms with Gasteiger partial charge in [0, 0.05) is 12.6 Å². The third-order valence-corrected chi connectivity index (χ3v) is 4.40. The van der Waals surface area contributed by atoms with E-state index < -0.39 is 34.9 Å². The Morgan fingerprint density at radius 3 is 2.44 bits per heavy atom. The van der Waals surface area contributed by atoms with Gasteiger partial charge in [0.05, 0.1) is 18.6 Å². The smallest absolute Gasteiger partial charge is 0.307 e. The van der Waals surface area contributed by atoms with Crippen LogP contribution in [0.4, 0.5) is 13.2 Å². The van der Waals surface area contributed by atoms with Crippen LogP contribution in [0.5, 0.6) is 0 Å². The third-order valence-electron chi connectivity index (χ3n) is 4.40. The zero-order valence-corrected chi connectivity index (χ0v) is 14.2. The van der Waals surface area contributed by atoms with Gasteiger partial charge >= 0.3 is 5.97 Å². The molecule has 138 valence electrons. The lowest BCUT2D eigenvalue weighted by atomic mass is 9.93. The largest absolute Gasteiger partial charge is 0.466 e. The molecule has 0 aliphatic heterocycles. The lowest BCUT2D eigenvalue weighted by Gasteiger charge is -2.34. The minimum atomic E-state index is -1.67. The minimum absolute atomic E-state index is 0.0264. The first-order chi connectivity index (χ1) is 12.0. The third kappa shape index (κ3) is 4.74. The monoisotopic (exact) mass is 357 g/mol. The van der Waals surface area contributed by atoms with Crippen LogP contribution in [0, 0.1) is 17.5 Å². The second-order valence-electron chi connectivity index (χ2n) is 6.07. The molecule has 7 heteroatoms. The van der Waals surface area contributed by atoms with Crippen molar-refractivity contribution in [2.24, 2.45) is 0 Å². The molecule has 0 saturated heterocycles. The van der Waals surface area contributed by atoms with Gasteiger partial charge in [0.2, 0.25) is 0 Å². The summed E-state index contributed by atoms with van der Waals surface area (Å²) in [7, 11) is 0. The normalized spacial score (nSPS) is 15.0. The lowest BCUT2D eigenvalue weighted by molar-refractivity contribution is -0.143. The van der Waals surface area contributed by atoms with Crippen molar-refractivity contribution < 1.29 is 27.5 Å². The van der Waals surface area contributed by atoms with E-state index in [1.807, 2.05) is 0 Å². The highest BCUT2D eigenvalue weighted by atomic mass is 19.2. The Kier molecular flexibility index (Phi) is 6.84. The molecule has 0 atom stereocenters. The van der Waals surface area contributed by atoms with Crippen molar-refractivity contribution in [1.82, 2.24) is 4.90 Å². The maximum absolute atomic E-state index is 14.0. The number of hydrogen-bond donors (Lipinski definition) is 0. The van der Waals surface area contributed by atoms with Crippen molar-refractivity contribution >= 4 is 11.9 Å². The van der Waals surface area contributed by atoms with Crippen molar-refractivity contribution in [2.45, 2.75) is 51.5 Å². The van der Waals surface area contributed by atoms with E-state index in [1.54, 1.807) is 6.92 Å². The van der Waals surface area contributed by atoms with Crippen LogP contribution in [0.25, 0.3) is 0 Å². The summed E-state index contributed by atoms with van der Waals surface area (Å²) >= 11 is 0. The molecule has 4 nitrogen and oxygen atoms in total. The Labute approximate surface area is 144 Å². The van der Waals surface area contributed by atoms with Crippen molar-refractivity contribution in [1.29, 1.82) is 0 Å². The molecular weight excluding hydrogens is 335 g/mol. The molecule has 1 aliphatic carbocycles. The van der Waals surface area contributed by atoms with Crippen LogP contribution in [0.1, 0.15) is 55.8 Å². The minimum Gasteiger partial charge on any atom is -0.466 e. The molecule has 1 fully saturated rings. The van der Waals surface area contributed by atoms with Gasteiger partial charge in [0.25, 0.3) is 5.91 Å². The Hall–Kier alpha value is -2.05. The van der Waals surface area contributed by atoms with Crippen LogP contribution in [-0.2, 0) is 9.53 Å². The Morgan fingerprint density at radius 1 is 1.12 bits per heavy atom. The van der Waals surface area contributed by atoms with Crippen LogP contribution in [0.2, 0.25) is 0 Å². The van der Waals surface area contributed by atoms with E-state index in [0.29, 0.717) is 0 Å². The van der Waals surface area contributed by atoms with Crippen LogP contribution in [0.3, 0.4) is 0 Å². The second kappa shape index (κ2) is 8.87. The summed E-state index contributed by atoms with van der Waals surface area (Å²) in [5.74, 6) is -5.69. The molecule has 0 heterocycles. The van der Waals surface area contributed by atoms with Gasteiger partial charge in [-0.1, -0.05) is 19.3 Å². The molecule has 0 spiro atoms. The number of carbonyl (C=O) groups excluding carboxylic acids is 2. The highest BCUT2D eigenvalue weighted by Gasteiger charge is 2.29. The zero-order chi connectivity index (χ0) is 18.4. The van der Waals surface area contributed by atoms with Gasteiger partial charge in [0.15, 0.2) is 17.5 Å². The van der Waals surface area contributed by atoms with Gasteiger partial charge in [-0.25, -0.2) is 13.2 Å². The van der Waals surface area contributed by atoms with E-state index >= 15 is 0 Å². The number of hydrogen-bond acceptors (Lipinski definition) is 3. The summed E-state index contributed by atoms with van der Waals surface area (Å²) in [4.78, 5) is 25.7. The molecule has 2 rings (SSSR count). The average Bonchev–Trinajstić information content (AvgIpc) is 2.61. The molecule has 1 amide bonds. The number of esters is 1. The SMILES string of the molecule is CCOC(=O)CCN(C(=O)c1ccc(F)c(F)c1F)C1CCCCC1. The Morgan fingerprint density at radius 2 is 1.80 bits per heavy atom. The number of amides is 1. The van der Waals surface area contributed by atoms with E-state index in [2.05, 4.69) is 0 Å². The predicted octanol–water partition coefficient (Wildman–Crippen LogP) is 3.83. The number of halogens is 3. The summed E-state index contributed by atoms with van der Waals surface area (Å²) in [5.41, 5.74) is -0.520. The maximum atomic E-state index is 14.0. The number of ether oxygens (including phenoxy) is 1. The summed E-state index contributed by atoms with van der Waals surface area (Å²) in [5, 5.41) is 0. The molecular formula is C18H22F3NO3. The predicted molar refractivity (Wildman–Crippen MR) is 85.5 cm³/mol. The summed E-state index contributed by atoms with van der Waals surface area (Å²) < 4.78 is 45.5. The number of benzene rings is 1. The first-order valence-corrected chi connectivity index (χ1v) is 8.55. The van der Waals surface area contributed by atoms with Crippen molar-refractivity contribution in [3.05, 3.63) is 35.1 Å². The second-order valence-corrected chi connectivity index (χ2v) is 6.07. The van der Waals surface area contributed by atoms with Crippen LogP contribution >= 0.6 is 0 Å². The van der Waals surface area contributed by atoms with Gasteiger partial charge in [-0.2, -0.15) is 0 Å². The van der Waals surface area contributed by atoms with Gasteiger partial charge in [-0.05, 0) is 31.9 Å². The molecule has 0 aromatic heterocycles. The van der Waals surface area contributed by atoms with Gasteiger partial charge in [0.1, 0.15) is 0 Å². The van der Waals surface area contributed by atoms with Crippen LogP contribution in [0.15, 0.2) is 12.1 Å². The first-order valence-electron chi connectivity index (χ1n) is 8.55. The molecule has 0 N–H and O–H groups in total. The molecule has 0 radical (unpaired) electrons. The fourth-order valence-corrected chi connectivity index (χ4v) is 3.13. The fraction of sp³-hybridized carbons (Fsp3) is 0.556. The van der Waals surface area contributed by atoms with Crippen molar-refractivity contribution in [3.8, 4) is 0 Å². The van der Waals surface area contributed by atoms with E-state index in [1.165, 1.54) is 4.90 Å². The van der Waals surface area contributed by atoms with Gasteiger partial charge in [-0.3, -0.25) is 9.59 Å². The highest BCUT2D eigenvalue weighted by Crippen LogP contribution is 2.26. The van der Waals surface area contributed by atoms with E-state index in [0.717, 1.165) is 44.2 Å². The van der Waals surface area contributed by atoms with Gasteiger partial charge in [-0.15, -0.1) is 0 Å². The summed E-state index contributed by atoms with van der Waals surface area (Å²) in [6.07, 6.45) is 4.35. The first kappa shape index (κ1) is 19.3.